The molecule has 1 amide bonds. The molecule has 2 rings (SSSR count). The van der Waals surface area contributed by atoms with Crippen molar-refractivity contribution in [3.05, 3.63) is 51.6 Å². The van der Waals surface area contributed by atoms with Crippen LogP contribution in [0.4, 0.5) is 11.4 Å². The Bertz CT molecular complexity index is 918. The molecule has 2 aromatic carbocycles. The van der Waals surface area contributed by atoms with Crippen molar-refractivity contribution in [3.63, 3.8) is 0 Å². The number of nitro groups is 1. The first-order chi connectivity index (χ1) is 13.6. The summed E-state index contributed by atoms with van der Waals surface area (Å²) in [5.74, 6) is 0.237. The molecule has 0 bridgehead atoms. The Morgan fingerprint density at radius 1 is 1.07 bits per heavy atom. The van der Waals surface area contributed by atoms with E-state index in [9.17, 15) is 14.9 Å². The Kier molecular flexibility index (Phi) is 6.68. The predicted molar refractivity (Wildman–Crippen MR) is 110 cm³/mol. The fourth-order valence-electron chi connectivity index (χ4n) is 2.77. The van der Waals surface area contributed by atoms with Crippen molar-refractivity contribution in [3.8, 4) is 17.2 Å². The second-order valence-corrected chi connectivity index (χ2v) is 7.33. The third-order valence-electron chi connectivity index (χ3n) is 4.34. The molecule has 156 valence electrons. The molecule has 29 heavy (non-hydrogen) atoms. The summed E-state index contributed by atoms with van der Waals surface area (Å²) in [4.78, 5) is 23.9. The summed E-state index contributed by atoms with van der Waals surface area (Å²) in [6.07, 6.45) is 0. The molecule has 0 saturated carbocycles. The highest BCUT2D eigenvalue weighted by atomic mass is 16.6. The zero-order valence-corrected chi connectivity index (χ0v) is 17.5. The molecule has 0 spiro atoms. The van der Waals surface area contributed by atoms with Crippen molar-refractivity contribution in [1.82, 2.24) is 0 Å². The average molecular weight is 402 g/mol. The van der Waals surface area contributed by atoms with Crippen LogP contribution in [-0.2, 0) is 5.41 Å². The lowest BCUT2D eigenvalue weighted by Gasteiger charge is -2.21. The van der Waals surface area contributed by atoms with Gasteiger partial charge < -0.3 is 19.5 Å². The largest absolute Gasteiger partial charge is 0.495 e. The van der Waals surface area contributed by atoms with E-state index in [0.29, 0.717) is 18.0 Å². The SMILES string of the molecule is CCOc1cc(C(=O)Nc2cc(C(C)(C)C)ccc2OC)c([N+](=O)[O-])cc1OC. The highest BCUT2D eigenvalue weighted by molar-refractivity contribution is 6.08. The van der Waals surface area contributed by atoms with E-state index in [-0.39, 0.29) is 28.2 Å². The van der Waals surface area contributed by atoms with Crippen LogP contribution in [0.15, 0.2) is 30.3 Å². The van der Waals surface area contributed by atoms with Crippen LogP contribution in [0.5, 0.6) is 17.2 Å². The van der Waals surface area contributed by atoms with Gasteiger partial charge in [0.2, 0.25) is 0 Å². The van der Waals surface area contributed by atoms with Gasteiger partial charge in [-0.1, -0.05) is 26.8 Å². The monoisotopic (exact) mass is 402 g/mol. The number of anilines is 1. The quantitative estimate of drug-likeness (QED) is 0.538. The van der Waals surface area contributed by atoms with Gasteiger partial charge in [-0.05, 0) is 30.0 Å². The van der Waals surface area contributed by atoms with E-state index in [4.69, 9.17) is 14.2 Å². The van der Waals surface area contributed by atoms with E-state index in [1.807, 2.05) is 26.8 Å². The summed E-state index contributed by atoms with van der Waals surface area (Å²) in [5, 5.41) is 14.3. The highest BCUT2D eigenvalue weighted by Crippen LogP contribution is 2.36. The molecular formula is C21H26N2O6. The minimum absolute atomic E-state index is 0.137. The molecule has 0 fully saturated rings. The lowest BCUT2D eigenvalue weighted by Crippen LogP contribution is -2.17. The molecule has 8 nitrogen and oxygen atoms in total. The van der Waals surface area contributed by atoms with Crippen LogP contribution in [0.1, 0.15) is 43.6 Å². The van der Waals surface area contributed by atoms with E-state index in [2.05, 4.69) is 5.32 Å². The fourth-order valence-corrected chi connectivity index (χ4v) is 2.77. The summed E-state index contributed by atoms with van der Waals surface area (Å²) >= 11 is 0. The first kappa shape index (κ1) is 22.0. The Morgan fingerprint density at radius 2 is 1.72 bits per heavy atom. The van der Waals surface area contributed by atoms with Crippen molar-refractivity contribution in [2.45, 2.75) is 33.1 Å². The second-order valence-electron chi connectivity index (χ2n) is 7.33. The van der Waals surface area contributed by atoms with E-state index < -0.39 is 10.8 Å². The third kappa shape index (κ3) is 4.96. The van der Waals surface area contributed by atoms with Gasteiger partial charge >= 0.3 is 0 Å². The van der Waals surface area contributed by atoms with Crippen molar-refractivity contribution in [2.75, 3.05) is 26.1 Å². The van der Waals surface area contributed by atoms with Gasteiger partial charge in [0.15, 0.2) is 11.5 Å². The van der Waals surface area contributed by atoms with Crippen LogP contribution < -0.4 is 19.5 Å². The molecule has 2 aromatic rings. The number of hydrogen-bond donors (Lipinski definition) is 1. The third-order valence-corrected chi connectivity index (χ3v) is 4.34. The van der Waals surface area contributed by atoms with Crippen LogP contribution in [0.25, 0.3) is 0 Å². The smallest absolute Gasteiger partial charge is 0.286 e. The zero-order chi connectivity index (χ0) is 21.8. The predicted octanol–water partition coefficient (Wildman–Crippen LogP) is 4.56. The molecule has 0 radical (unpaired) electrons. The maximum absolute atomic E-state index is 13.0. The Balaban J connectivity index is 2.52. The molecule has 0 aliphatic rings. The minimum atomic E-state index is -0.648. The number of methoxy groups -OCH3 is 2. The lowest BCUT2D eigenvalue weighted by molar-refractivity contribution is -0.385. The van der Waals surface area contributed by atoms with Crippen LogP contribution in [0.3, 0.4) is 0 Å². The van der Waals surface area contributed by atoms with Gasteiger partial charge in [0, 0.05) is 6.07 Å². The standard InChI is InChI=1S/C21H26N2O6/c1-7-29-19-11-14(16(23(25)26)12-18(19)28-6)20(24)22-15-10-13(21(2,3)4)8-9-17(15)27-5/h8-12H,7H2,1-6H3,(H,22,24). The van der Waals surface area contributed by atoms with Gasteiger partial charge in [0.25, 0.3) is 11.6 Å². The summed E-state index contributed by atoms with van der Waals surface area (Å²) < 4.78 is 15.9. The molecule has 0 saturated heterocycles. The zero-order valence-electron chi connectivity index (χ0n) is 17.5. The summed E-state index contributed by atoms with van der Waals surface area (Å²) in [5.41, 5.74) is 0.733. The number of hydrogen-bond acceptors (Lipinski definition) is 6. The Labute approximate surface area is 169 Å². The molecule has 8 heteroatoms. The molecule has 0 heterocycles. The van der Waals surface area contributed by atoms with Gasteiger partial charge in [0.05, 0.1) is 37.5 Å². The van der Waals surface area contributed by atoms with Crippen molar-refractivity contribution in [2.24, 2.45) is 0 Å². The molecule has 1 N–H and O–H groups in total. The molecule has 0 atom stereocenters. The van der Waals surface area contributed by atoms with Crippen LogP contribution in [-0.4, -0.2) is 31.7 Å². The topological polar surface area (TPSA) is 99.9 Å². The van der Waals surface area contributed by atoms with Gasteiger partial charge in [0.1, 0.15) is 11.3 Å². The Hall–Kier alpha value is -3.29. The van der Waals surface area contributed by atoms with Gasteiger partial charge in [-0.15, -0.1) is 0 Å². The van der Waals surface area contributed by atoms with Crippen molar-refractivity contribution < 1.29 is 23.9 Å². The van der Waals surface area contributed by atoms with E-state index in [1.54, 1.807) is 19.1 Å². The summed E-state index contributed by atoms with van der Waals surface area (Å²) in [7, 11) is 2.87. The number of nitrogens with zero attached hydrogens (tertiary/aromatic N) is 1. The molecule has 0 aromatic heterocycles. The summed E-state index contributed by atoms with van der Waals surface area (Å²) in [6.45, 7) is 8.22. The maximum atomic E-state index is 13.0. The van der Waals surface area contributed by atoms with E-state index >= 15 is 0 Å². The number of carbonyl (C=O) groups excluding carboxylic acids is 1. The fraction of sp³-hybridized carbons (Fsp3) is 0.381. The number of carbonyl (C=O) groups is 1. The van der Waals surface area contributed by atoms with E-state index in [1.165, 1.54) is 26.4 Å². The van der Waals surface area contributed by atoms with Crippen LogP contribution in [0, 0.1) is 10.1 Å². The second kappa shape index (κ2) is 8.81. The van der Waals surface area contributed by atoms with Crippen molar-refractivity contribution in [1.29, 1.82) is 0 Å². The summed E-state index contributed by atoms with van der Waals surface area (Å²) in [6, 6.07) is 7.97. The molecule has 0 aliphatic heterocycles. The first-order valence-electron chi connectivity index (χ1n) is 9.11. The molecular weight excluding hydrogens is 376 g/mol. The number of amides is 1. The van der Waals surface area contributed by atoms with Gasteiger partial charge in [-0.3, -0.25) is 14.9 Å². The number of nitro benzene ring substituents is 1. The lowest BCUT2D eigenvalue weighted by atomic mass is 9.87. The number of ether oxygens (including phenoxy) is 3. The minimum Gasteiger partial charge on any atom is -0.495 e. The van der Waals surface area contributed by atoms with E-state index in [0.717, 1.165) is 5.56 Å². The maximum Gasteiger partial charge on any atom is 0.286 e. The first-order valence-corrected chi connectivity index (χ1v) is 9.11. The Morgan fingerprint density at radius 3 is 2.24 bits per heavy atom. The average Bonchev–Trinajstić information content (AvgIpc) is 2.66. The van der Waals surface area contributed by atoms with Crippen LogP contribution in [0.2, 0.25) is 0 Å². The molecule has 0 aliphatic carbocycles. The highest BCUT2D eigenvalue weighted by Gasteiger charge is 2.26. The van der Waals surface area contributed by atoms with Gasteiger partial charge in [-0.2, -0.15) is 0 Å². The normalized spacial score (nSPS) is 11.0. The van der Waals surface area contributed by atoms with Gasteiger partial charge in [-0.25, -0.2) is 0 Å². The number of nitrogens with one attached hydrogen (secondary N) is 1. The number of benzene rings is 2. The molecule has 0 unspecified atom stereocenters. The van der Waals surface area contributed by atoms with Crippen LogP contribution >= 0.6 is 0 Å². The number of rotatable bonds is 7. The van der Waals surface area contributed by atoms with Crippen molar-refractivity contribution >= 4 is 17.3 Å².